The zero-order valence-corrected chi connectivity index (χ0v) is 63.7. The number of benzene rings is 3. The number of esters is 3. The molecule has 0 heterocycles. The third kappa shape index (κ3) is 56.4. The lowest BCUT2D eigenvalue weighted by Crippen LogP contribution is -2.25. The number of phosphoric ester groups is 3. The molecule has 3 unspecified atom stereocenters. The van der Waals surface area contributed by atoms with Gasteiger partial charge in [0.1, 0.15) is 56.9 Å². The van der Waals surface area contributed by atoms with Crippen LogP contribution in [0.15, 0.2) is 36.4 Å². The van der Waals surface area contributed by atoms with E-state index in [1.54, 1.807) is 36.4 Å². The molecule has 0 aliphatic carbocycles. The molecule has 0 fully saturated rings. The summed E-state index contributed by atoms with van der Waals surface area (Å²) in [6, 6.07) is 10.8. The predicted octanol–water partition coefficient (Wildman–Crippen LogP) is 7.52. The molecule has 3 amide bonds. The third-order valence-corrected chi connectivity index (χ3v) is 14.3. The molecule has 36 heteroatoms. The minimum absolute atomic E-state index is 0.0593. The minimum Gasteiger partial charge on any atom is -0.756 e. The number of aliphatic hydroxyl groups is 3. The topological polar surface area (TPSA) is 491 Å². The molecular formula is C66H111N3O30P3-3. The van der Waals surface area contributed by atoms with Crippen LogP contribution in [0.2, 0.25) is 0 Å². The highest BCUT2D eigenvalue weighted by molar-refractivity contribution is 7.45. The molecule has 9 N–H and O–H groups in total. The van der Waals surface area contributed by atoms with Gasteiger partial charge in [-0.15, -0.1) is 0 Å². The van der Waals surface area contributed by atoms with E-state index in [9.17, 15) is 57.1 Å². The van der Waals surface area contributed by atoms with Crippen LogP contribution in [0.25, 0.3) is 0 Å². The van der Waals surface area contributed by atoms with Gasteiger partial charge in [0.05, 0.1) is 19.8 Å². The van der Waals surface area contributed by atoms with Crippen LogP contribution in [0.1, 0.15) is 167 Å². The number of phosphoric acid groups is 3. The Bertz CT molecular complexity index is 2580. The number of rotatable bonds is 45. The first-order valence-electron chi connectivity index (χ1n) is 33.1. The molecule has 33 nitrogen and oxygen atoms in total. The first-order chi connectivity index (χ1) is 48.4. The summed E-state index contributed by atoms with van der Waals surface area (Å²) in [4.78, 5) is 128. The summed E-state index contributed by atoms with van der Waals surface area (Å²) in [5.74, 6) is 0.0559. The summed E-state index contributed by atoms with van der Waals surface area (Å²) in [5, 5.41) is 28.9. The number of unbranched alkanes of at least 4 members (excludes halogenated alkanes) is 9. The number of carbonyl (C=O) groups excluding carboxylic acids is 6. The number of nitrogens with one attached hydrogen (secondary N) is 3. The van der Waals surface area contributed by atoms with Crippen LogP contribution in [0.4, 0.5) is 14.4 Å². The largest absolute Gasteiger partial charge is 0.756 e. The number of amides is 3. The Balaban J connectivity index is -0.00000139. The molecule has 0 aromatic heterocycles. The van der Waals surface area contributed by atoms with Gasteiger partial charge in [0.25, 0.3) is 23.5 Å². The molecule has 3 aromatic rings. The minimum atomic E-state index is -4.65. The molecule has 0 radical (unpaired) electrons. The Labute approximate surface area is 599 Å². The van der Waals surface area contributed by atoms with Gasteiger partial charge in [0, 0.05) is 60.8 Å². The first kappa shape index (κ1) is 100. The van der Waals surface area contributed by atoms with E-state index >= 15 is 0 Å². The zero-order chi connectivity index (χ0) is 78.0. The van der Waals surface area contributed by atoms with Crippen molar-refractivity contribution in [2.24, 2.45) is 0 Å². The van der Waals surface area contributed by atoms with E-state index in [0.717, 1.165) is 110 Å². The van der Waals surface area contributed by atoms with Gasteiger partial charge >= 0.3 is 36.2 Å². The van der Waals surface area contributed by atoms with Gasteiger partial charge in [-0.05, 0) is 186 Å². The molecule has 0 bridgehead atoms. The van der Waals surface area contributed by atoms with E-state index in [0.29, 0.717) is 114 Å². The lowest BCUT2D eigenvalue weighted by atomic mass is 10.1. The monoisotopic (exact) mass is 1520 g/mol. The van der Waals surface area contributed by atoms with Crippen molar-refractivity contribution < 1.29 is 143 Å². The molecule has 0 spiro atoms. The van der Waals surface area contributed by atoms with Crippen LogP contribution in [-0.4, -0.2) is 167 Å². The van der Waals surface area contributed by atoms with Gasteiger partial charge in [-0.1, -0.05) is 59.3 Å². The van der Waals surface area contributed by atoms with Gasteiger partial charge in [0.2, 0.25) is 0 Å². The zero-order valence-electron chi connectivity index (χ0n) is 61.0. The number of ether oxygens (including phenoxy) is 9. The van der Waals surface area contributed by atoms with E-state index in [2.05, 4.69) is 29.5 Å². The SMILES string of the molecule is CCCOCC(=O)Oc1c(C)cc(COC(=O)NCCCCCCOP(=O)([O-])O)cc1C.CCCOCC(=O)Oc1c(C)cc(COC(=O)NCCCCCCOP(=O)([O-])O)cc1C.CCCOCC(=O)Oc1c(C)cc(COC(=O)NCCCCCCOP(=O)([O-])O)cc1C.CO.CO.CO. The third-order valence-electron chi connectivity index (χ3n) is 12.8. The Morgan fingerprint density at radius 3 is 0.755 bits per heavy atom. The average Bonchev–Trinajstić information content (AvgIpc) is 0.853. The van der Waals surface area contributed by atoms with E-state index in [1.807, 2.05) is 62.3 Å². The summed E-state index contributed by atoms with van der Waals surface area (Å²) in [7, 11) is -10.9. The fourth-order valence-corrected chi connectivity index (χ4v) is 9.71. The Morgan fingerprint density at radius 2 is 0.559 bits per heavy atom. The van der Waals surface area contributed by atoms with Crippen LogP contribution < -0.4 is 44.8 Å². The van der Waals surface area contributed by atoms with Crippen LogP contribution in [0, 0.1) is 41.5 Å². The average molecular weight is 1520 g/mol. The Morgan fingerprint density at radius 1 is 0.353 bits per heavy atom. The molecule has 0 saturated carbocycles. The molecule has 3 rings (SSSR count). The summed E-state index contributed by atoms with van der Waals surface area (Å²) in [6.45, 7) is 19.3. The first-order valence-corrected chi connectivity index (χ1v) is 37.6. The molecule has 3 aromatic carbocycles. The second-order valence-corrected chi connectivity index (χ2v) is 25.5. The van der Waals surface area contributed by atoms with Crippen LogP contribution >= 0.6 is 23.5 Å². The fraction of sp³-hybridized carbons (Fsp3) is 0.636. The molecular weight excluding hydrogens is 1410 g/mol. The number of carbonyl (C=O) groups is 6. The Kier molecular flexibility index (Phi) is 60.2. The highest BCUT2D eigenvalue weighted by Gasteiger charge is 2.17. The maximum atomic E-state index is 11.9. The number of aliphatic hydroxyl groups excluding tert-OH is 3. The van der Waals surface area contributed by atoms with Crippen molar-refractivity contribution in [2.75, 3.05) is 100 Å². The fourth-order valence-electron chi connectivity index (χ4n) is 8.63. The van der Waals surface area contributed by atoms with Gasteiger partial charge in [-0.2, -0.15) is 0 Å². The maximum Gasteiger partial charge on any atom is 0.407 e. The number of aryl methyl sites for hydroxylation is 6. The van der Waals surface area contributed by atoms with Gasteiger partial charge in [-0.3, -0.25) is 13.7 Å². The van der Waals surface area contributed by atoms with Crippen LogP contribution in [0.5, 0.6) is 17.2 Å². The lowest BCUT2D eigenvalue weighted by molar-refractivity contribution is -0.221. The van der Waals surface area contributed by atoms with Crippen molar-refractivity contribution in [1.29, 1.82) is 0 Å². The van der Waals surface area contributed by atoms with Gasteiger partial charge < -0.3 is 117 Å². The van der Waals surface area contributed by atoms with Crippen molar-refractivity contribution in [3.05, 3.63) is 86.5 Å². The smallest absolute Gasteiger partial charge is 0.407 e. The second-order valence-electron chi connectivity index (χ2n) is 21.9. The highest BCUT2D eigenvalue weighted by atomic mass is 31.2. The molecule has 0 aliphatic heterocycles. The second kappa shape index (κ2) is 61.3. The summed E-state index contributed by atoms with van der Waals surface area (Å²) < 4.78 is 91.4. The Hall–Kier alpha value is -6.03. The molecule has 588 valence electrons. The van der Waals surface area contributed by atoms with Crippen molar-refractivity contribution in [1.82, 2.24) is 16.0 Å². The number of hydrogen-bond acceptors (Lipinski definition) is 27. The van der Waals surface area contributed by atoms with E-state index in [-0.39, 0.29) is 59.5 Å². The molecule has 0 saturated heterocycles. The molecule has 0 aliphatic rings. The number of hydrogen-bond donors (Lipinski definition) is 9. The van der Waals surface area contributed by atoms with E-state index in [1.165, 1.54) is 0 Å². The van der Waals surface area contributed by atoms with Crippen LogP contribution in [0.3, 0.4) is 0 Å². The molecule has 3 atom stereocenters. The van der Waals surface area contributed by atoms with Crippen molar-refractivity contribution in [3.63, 3.8) is 0 Å². The van der Waals surface area contributed by atoms with Crippen LogP contribution in [-0.2, 0) is 89.9 Å². The maximum absolute atomic E-state index is 11.9. The van der Waals surface area contributed by atoms with Crippen molar-refractivity contribution >= 4 is 59.7 Å². The van der Waals surface area contributed by atoms with E-state index < -0.39 is 59.7 Å². The predicted molar refractivity (Wildman–Crippen MR) is 370 cm³/mol. The molecule has 102 heavy (non-hydrogen) atoms. The van der Waals surface area contributed by atoms with Gasteiger partial charge in [-0.25, -0.2) is 28.8 Å². The lowest BCUT2D eigenvalue weighted by Gasteiger charge is -2.15. The van der Waals surface area contributed by atoms with Crippen molar-refractivity contribution in [3.8, 4) is 17.2 Å². The normalized spacial score (nSPS) is 12.2. The summed E-state index contributed by atoms with van der Waals surface area (Å²) >= 11 is 0. The summed E-state index contributed by atoms with van der Waals surface area (Å²) in [5.41, 5.74) is 6.86. The standard InChI is InChI=1S/3C21H34NO9P.3CH4O/c3*1-4-10-28-15-19(23)31-20-16(2)12-18(13-17(20)3)14-29-21(24)22-9-7-5-6-8-11-30-32(25,26)27;3*1-2/h3*12-13H,4-11,14-15H2,1-3H3,(H,22,24)(H2,25,26,27);3*2H,1H3/p-3. The highest BCUT2D eigenvalue weighted by Crippen LogP contribution is 2.33. The van der Waals surface area contributed by atoms with E-state index in [4.69, 9.17) is 72.6 Å². The number of alkyl carbamates (subject to hydrolysis) is 3. The quantitative estimate of drug-likeness (QED) is 0.00867. The summed E-state index contributed by atoms with van der Waals surface area (Å²) in [6.07, 6.45) is 8.82. The van der Waals surface area contributed by atoms with Crippen molar-refractivity contribution in [2.45, 2.75) is 178 Å². The van der Waals surface area contributed by atoms with Gasteiger partial charge in [0.15, 0.2) is 0 Å².